The van der Waals surface area contributed by atoms with Crippen LogP contribution >= 0.6 is 0 Å². The average molecular weight is 391 g/mol. The molecule has 1 saturated heterocycles. The predicted molar refractivity (Wildman–Crippen MR) is 88.3 cm³/mol. The molecule has 0 spiro atoms. The number of hydrogen-bond acceptors (Lipinski definition) is 1. The molecule has 0 aliphatic carbocycles. The van der Waals surface area contributed by atoms with Crippen molar-refractivity contribution in [1.82, 2.24) is 4.57 Å². The van der Waals surface area contributed by atoms with Crippen molar-refractivity contribution < 1.29 is 31.1 Å². The third-order valence-electron chi connectivity index (χ3n) is 4.96. The Labute approximate surface area is 152 Å². The van der Waals surface area contributed by atoms with Gasteiger partial charge in [0.2, 0.25) is 0 Å². The lowest BCUT2D eigenvalue weighted by Crippen LogP contribution is -2.18. The average Bonchev–Trinajstić information content (AvgIpc) is 3.16. The Morgan fingerprint density at radius 2 is 1.74 bits per heavy atom. The number of benzene rings is 1. The molecule has 2 heterocycles. The second-order valence-corrected chi connectivity index (χ2v) is 6.80. The summed E-state index contributed by atoms with van der Waals surface area (Å²) in [6, 6.07) is 3.07. The highest BCUT2D eigenvalue weighted by molar-refractivity contribution is 5.68. The van der Waals surface area contributed by atoms with Crippen LogP contribution in [0.15, 0.2) is 24.3 Å². The van der Waals surface area contributed by atoms with Crippen molar-refractivity contribution in [3.05, 3.63) is 46.6 Å². The highest BCUT2D eigenvalue weighted by Crippen LogP contribution is 2.41. The van der Waals surface area contributed by atoms with Gasteiger partial charge in [0.1, 0.15) is 0 Å². The molecule has 1 atom stereocenters. The molecule has 0 radical (unpaired) electrons. The standard InChI is InChI=1S/C19H19F6NO/c1-11-8-17(26(12(11)2)10-14-4-3-7-27-14)15-9-13(18(20,21)22)5-6-16(15)19(23,24)25/h5-6,8-9,14H,3-4,7,10H2,1-2H3. The minimum atomic E-state index is -4.76. The van der Waals surface area contributed by atoms with Crippen LogP contribution in [0.25, 0.3) is 11.3 Å². The molecule has 0 saturated carbocycles. The molecule has 1 aliphatic rings. The zero-order valence-corrected chi connectivity index (χ0v) is 14.8. The van der Waals surface area contributed by atoms with Crippen LogP contribution in [0.2, 0.25) is 0 Å². The summed E-state index contributed by atoms with van der Waals surface area (Å²) < 4.78 is 87.0. The van der Waals surface area contributed by atoms with Gasteiger partial charge in [-0.25, -0.2) is 0 Å². The molecule has 1 fully saturated rings. The number of aromatic nitrogens is 1. The van der Waals surface area contributed by atoms with Crippen molar-refractivity contribution >= 4 is 0 Å². The molecule has 2 aromatic rings. The van der Waals surface area contributed by atoms with E-state index in [0.717, 1.165) is 12.8 Å². The Morgan fingerprint density at radius 3 is 2.30 bits per heavy atom. The molecule has 1 aromatic heterocycles. The van der Waals surface area contributed by atoms with E-state index in [1.165, 1.54) is 6.07 Å². The van der Waals surface area contributed by atoms with Gasteiger partial charge in [0, 0.05) is 30.1 Å². The third-order valence-corrected chi connectivity index (χ3v) is 4.96. The van der Waals surface area contributed by atoms with Gasteiger partial charge in [-0.15, -0.1) is 0 Å². The van der Waals surface area contributed by atoms with Crippen molar-refractivity contribution in [3.63, 3.8) is 0 Å². The maximum Gasteiger partial charge on any atom is 0.417 e. The predicted octanol–water partition coefficient (Wildman–Crippen LogP) is 5.99. The van der Waals surface area contributed by atoms with Crippen LogP contribution in [-0.2, 0) is 23.6 Å². The molecule has 1 aliphatic heterocycles. The van der Waals surface area contributed by atoms with Gasteiger partial charge in [-0.05, 0) is 56.5 Å². The van der Waals surface area contributed by atoms with E-state index in [9.17, 15) is 26.3 Å². The summed E-state index contributed by atoms with van der Waals surface area (Å²) in [6.45, 7) is 4.36. The first kappa shape index (κ1) is 19.8. The Morgan fingerprint density at radius 1 is 1.04 bits per heavy atom. The Bertz CT molecular complexity index is 828. The number of halogens is 6. The zero-order chi connectivity index (χ0) is 20.0. The molecule has 1 aromatic carbocycles. The fourth-order valence-electron chi connectivity index (χ4n) is 3.41. The van der Waals surface area contributed by atoms with Gasteiger partial charge in [-0.3, -0.25) is 0 Å². The van der Waals surface area contributed by atoms with Gasteiger partial charge in [-0.1, -0.05) is 0 Å². The summed E-state index contributed by atoms with van der Waals surface area (Å²) >= 11 is 0. The molecule has 0 amide bonds. The van der Waals surface area contributed by atoms with E-state index in [4.69, 9.17) is 4.74 Å². The number of nitrogens with zero attached hydrogens (tertiary/aromatic N) is 1. The molecule has 27 heavy (non-hydrogen) atoms. The van der Waals surface area contributed by atoms with E-state index in [-0.39, 0.29) is 11.8 Å². The monoisotopic (exact) mass is 391 g/mol. The summed E-state index contributed by atoms with van der Waals surface area (Å²) in [5, 5.41) is 0. The number of alkyl halides is 6. The second-order valence-electron chi connectivity index (χ2n) is 6.80. The van der Waals surface area contributed by atoms with E-state index in [0.29, 0.717) is 42.6 Å². The van der Waals surface area contributed by atoms with Crippen molar-refractivity contribution in [3.8, 4) is 11.3 Å². The first-order chi connectivity index (χ1) is 12.5. The molecule has 1 unspecified atom stereocenters. The number of rotatable bonds is 3. The van der Waals surface area contributed by atoms with Crippen molar-refractivity contribution in [2.75, 3.05) is 6.61 Å². The normalized spacial score (nSPS) is 18.3. The fraction of sp³-hybridized carbons (Fsp3) is 0.474. The highest BCUT2D eigenvalue weighted by atomic mass is 19.4. The Balaban J connectivity index is 2.18. The van der Waals surface area contributed by atoms with Crippen molar-refractivity contribution in [2.45, 2.75) is 51.7 Å². The zero-order valence-electron chi connectivity index (χ0n) is 14.8. The van der Waals surface area contributed by atoms with Gasteiger partial charge in [0.25, 0.3) is 0 Å². The summed E-state index contributed by atoms with van der Waals surface area (Å²) in [5.41, 5.74) is -1.10. The lowest BCUT2D eigenvalue weighted by molar-refractivity contribution is -0.141. The van der Waals surface area contributed by atoms with Crippen LogP contribution in [0.3, 0.4) is 0 Å². The summed E-state index contributed by atoms with van der Waals surface area (Å²) in [6.07, 6.45) is -8.02. The number of hydrogen-bond donors (Lipinski definition) is 0. The highest BCUT2D eigenvalue weighted by Gasteiger charge is 2.38. The molecule has 0 N–H and O–H groups in total. The van der Waals surface area contributed by atoms with Crippen LogP contribution in [0, 0.1) is 13.8 Å². The SMILES string of the molecule is Cc1cc(-c2cc(C(F)(F)F)ccc2C(F)(F)F)n(CC2CCCO2)c1C. The molecule has 8 heteroatoms. The molecule has 2 nitrogen and oxygen atoms in total. The topological polar surface area (TPSA) is 14.2 Å². The van der Waals surface area contributed by atoms with Crippen molar-refractivity contribution in [2.24, 2.45) is 0 Å². The van der Waals surface area contributed by atoms with Gasteiger partial charge < -0.3 is 9.30 Å². The number of ether oxygens (including phenoxy) is 1. The van der Waals surface area contributed by atoms with E-state index < -0.39 is 29.0 Å². The molecule has 3 rings (SSSR count). The van der Waals surface area contributed by atoms with Crippen LogP contribution in [0.1, 0.15) is 35.2 Å². The maximum atomic E-state index is 13.5. The lowest BCUT2D eigenvalue weighted by Gasteiger charge is -2.20. The second kappa shape index (κ2) is 6.89. The Hall–Kier alpha value is -1.96. The minimum Gasteiger partial charge on any atom is -0.376 e. The van der Waals surface area contributed by atoms with Crippen LogP contribution < -0.4 is 0 Å². The fourth-order valence-corrected chi connectivity index (χ4v) is 3.41. The van der Waals surface area contributed by atoms with E-state index in [2.05, 4.69) is 0 Å². The van der Waals surface area contributed by atoms with E-state index in [1.54, 1.807) is 18.4 Å². The minimum absolute atomic E-state index is 0.124. The summed E-state index contributed by atoms with van der Waals surface area (Å²) in [7, 11) is 0. The summed E-state index contributed by atoms with van der Waals surface area (Å²) in [5.74, 6) is 0. The molecular formula is C19H19F6NO. The van der Waals surface area contributed by atoms with E-state index in [1.807, 2.05) is 0 Å². The van der Waals surface area contributed by atoms with Gasteiger partial charge >= 0.3 is 12.4 Å². The first-order valence-electron chi connectivity index (χ1n) is 8.55. The van der Waals surface area contributed by atoms with Crippen LogP contribution in [0.4, 0.5) is 26.3 Å². The largest absolute Gasteiger partial charge is 0.417 e. The van der Waals surface area contributed by atoms with Gasteiger partial charge in [-0.2, -0.15) is 26.3 Å². The van der Waals surface area contributed by atoms with Gasteiger partial charge in [0.15, 0.2) is 0 Å². The maximum absolute atomic E-state index is 13.5. The van der Waals surface area contributed by atoms with Gasteiger partial charge in [0.05, 0.1) is 17.2 Å². The van der Waals surface area contributed by atoms with E-state index >= 15 is 0 Å². The van der Waals surface area contributed by atoms with Crippen molar-refractivity contribution in [1.29, 1.82) is 0 Å². The lowest BCUT2D eigenvalue weighted by atomic mass is 10.00. The smallest absolute Gasteiger partial charge is 0.376 e. The third kappa shape index (κ3) is 4.00. The first-order valence-corrected chi connectivity index (χ1v) is 8.55. The number of aryl methyl sites for hydroxylation is 1. The van der Waals surface area contributed by atoms with Crippen LogP contribution in [-0.4, -0.2) is 17.3 Å². The van der Waals surface area contributed by atoms with Crippen LogP contribution in [0.5, 0.6) is 0 Å². The quantitative estimate of drug-likeness (QED) is 0.587. The molecule has 148 valence electrons. The Kier molecular flexibility index (Phi) is 5.05. The summed E-state index contributed by atoms with van der Waals surface area (Å²) in [4.78, 5) is 0. The molecule has 0 bridgehead atoms. The molecular weight excluding hydrogens is 372 g/mol.